The Morgan fingerprint density at radius 1 is 0.972 bits per heavy atom. The van der Waals surface area contributed by atoms with Gasteiger partial charge in [0, 0.05) is 36.8 Å². The van der Waals surface area contributed by atoms with Crippen LogP contribution in [0.5, 0.6) is 0 Å². The van der Waals surface area contributed by atoms with Crippen LogP contribution in [-0.4, -0.2) is 45.2 Å². The SMILES string of the molecule is O=C(O)ON1CCC(NCc2cnn(-c3ccc(-c4ccccc4)cc3)c2-c2ccccc2F)CC1. The number of piperidine rings is 1. The summed E-state index contributed by atoms with van der Waals surface area (Å²) in [5, 5.41) is 18.4. The number of nitrogens with one attached hydrogen (secondary N) is 1. The third-order valence-electron chi connectivity index (χ3n) is 6.44. The van der Waals surface area contributed by atoms with Gasteiger partial charge in [-0.25, -0.2) is 13.9 Å². The maximum absolute atomic E-state index is 14.9. The van der Waals surface area contributed by atoms with E-state index in [0.717, 1.165) is 35.2 Å². The highest BCUT2D eigenvalue weighted by Gasteiger charge is 2.23. The maximum Gasteiger partial charge on any atom is 0.525 e. The molecular formula is C28H27FN4O3. The van der Waals surface area contributed by atoms with Crippen molar-refractivity contribution in [2.45, 2.75) is 25.4 Å². The molecule has 0 spiro atoms. The molecule has 36 heavy (non-hydrogen) atoms. The molecule has 0 unspecified atom stereocenters. The molecule has 184 valence electrons. The number of halogens is 1. The van der Waals surface area contributed by atoms with Crippen LogP contribution in [-0.2, 0) is 11.4 Å². The van der Waals surface area contributed by atoms with Gasteiger partial charge in [0.15, 0.2) is 0 Å². The number of carbonyl (C=O) groups is 1. The number of hydrogen-bond acceptors (Lipinski definition) is 5. The normalized spacial score (nSPS) is 14.6. The predicted molar refractivity (Wildman–Crippen MR) is 135 cm³/mol. The van der Waals surface area contributed by atoms with Gasteiger partial charge in [0.05, 0.1) is 17.6 Å². The van der Waals surface area contributed by atoms with E-state index in [1.54, 1.807) is 23.0 Å². The molecule has 1 saturated heterocycles. The van der Waals surface area contributed by atoms with Crippen LogP contribution < -0.4 is 5.32 Å². The first-order valence-electron chi connectivity index (χ1n) is 12.0. The first-order valence-corrected chi connectivity index (χ1v) is 12.0. The van der Waals surface area contributed by atoms with Crippen molar-refractivity contribution in [2.24, 2.45) is 0 Å². The Kier molecular flexibility index (Phi) is 7.06. The monoisotopic (exact) mass is 486 g/mol. The summed E-state index contributed by atoms with van der Waals surface area (Å²) in [6.07, 6.45) is 1.98. The summed E-state index contributed by atoms with van der Waals surface area (Å²) < 4.78 is 16.7. The first kappa shape index (κ1) is 23.7. The number of carboxylic acid groups (broad SMARTS) is 1. The minimum Gasteiger partial charge on any atom is -0.448 e. The van der Waals surface area contributed by atoms with Crippen molar-refractivity contribution < 1.29 is 19.1 Å². The van der Waals surface area contributed by atoms with Crippen molar-refractivity contribution >= 4 is 6.16 Å². The zero-order valence-electron chi connectivity index (χ0n) is 19.7. The average Bonchev–Trinajstić information content (AvgIpc) is 3.32. The van der Waals surface area contributed by atoms with Gasteiger partial charge in [-0.15, -0.1) is 5.06 Å². The summed E-state index contributed by atoms with van der Waals surface area (Å²) in [7, 11) is 0. The molecule has 2 N–H and O–H groups in total. The summed E-state index contributed by atoms with van der Waals surface area (Å²) in [6, 6.07) is 25.1. The van der Waals surface area contributed by atoms with Crippen LogP contribution in [0.15, 0.2) is 85.1 Å². The second-order valence-electron chi connectivity index (χ2n) is 8.76. The molecule has 0 radical (unpaired) electrons. The molecule has 1 aromatic heterocycles. The Bertz CT molecular complexity index is 1320. The van der Waals surface area contributed by atoms with Gasteiger partial charge in [-0.05, 0) is 48.2 Å². The highest BCUT2D eigenvalue weighted by Crippen LogP contribution is 2.30. The Hall–Kier alpha value is -4.01. The standard InChI is InChI=1S/C28H27FN4O3/c29-26-9-5-4-8-25(26)27-22(18-30-23-14-16-32(17-15-23)36-28(34)35)19-31-33(27)24-12-10-21(11-13-24)20-6-2-1-3-7-20/h1-13,19,23,30H,14-18H2,(H,34,35). The highest BCUT2D eigenvalue weighted by molar-refractivity contribution is 5.68. The predicted octanol–water partition coefficient (Wildman–Crippen LogP) is 5.51. The summed E-state index contributed by atoms with van der Waals surface area (Å²) in [5.41, 5.74) is 5.15. The van der Waals surface area contributed by atoms with Crippen LogP contribution in [0, 0.1) is 5.82 Å². The van der Waals surface area contributed by atoms with Gasteiger partial charge in [-0.1, -0.05) is 54.6 Å². The van der Waals surface area contributed by atoms with Gasteiger partial charge in [0.25, 0.3) is 0 Å². The zero-order chi connectivity index (χ0) is 24.9. The quantitative estimate of drug-likeness (QED) is 0.359. The minimum atomic E-state index is -1.29. The van der Waals surface area contributed by atoms with Crippen molar-refractivity contribution in [1.82, 2.24) is 20.2 Å². The van der Waals surface area contributed by atoms with E-state index in [-0.39, 0.29) is 11.9 Å². The molecule has 1 aliphatic heterocycles. The van der Waals surface area contributed by atoms with Crippen molar-refractivity contribution in [3.05, 3.63) is 96.4 Å². The Balaban J connectivity index is 1.38. The number of hydrogen-bond donors (Lipinski definition) is 2. The minimum absolute atomic E-state index is 0.195. The molecule has 4 aromatic rings. The van der Waals surface area contributed by atoms with E-state index in [0.29, 0.717) is 30.9 Å². The van der Waals surface area contributed by atoms with Crippen LogP contribution in [0.25, 0.3) is 28.1 Å². The number of hydroxylamine groups is 2. The van der Waals surface area contributed by atoms with Gasteiger partial charge in [-0.2, -0.15) is 5.10 Å². The summed E-state index contributed by atoms with van der Waals surface area (Å²) in [4.78, 5) is 15.5. The third kappa shape index (κ3) is 5.30. The van der Waals surface area contributed by atoms with Crippen LogP contribution in [0.4, 0.5) is 9.18 Å². The summed E-state index contributed by atoms with van der Waals surface area (Å²) >= 11 is 0. The lowest BCUT2D eigenvalue weighted by atomic mass is 10.0. The molecule has 1 fully saturated rings. The van der Waals surface area contributed by atoms with E-state index in [4.69, 9.17) is 9.94 Å². The number of aromatic nitrogens is 2. The molecule has 0 aliphatic carbocycles. The molecule has 0 saturated carbocycles. The van der Waals surface area contributed by atoms with Crippen LogP contribution in [0.1, 0.15) is 18.4 Å². The van der Waals surface area contributed by atoms with E-state index < -0.39 is 6.16 Å². The lowest BCUT2D eigenvalue weighted by molar-refractivity contribution is -0.132. The van der Waals surface area contributed by atoms with E-state index >= 15 is 0 Å². The average molecular weight is 487 g/mol. The van der Waals surface area contributed by atoms with Crippen LogP contribution in [0.2, 0.25) is 0 Å². The van der Waals surface area contributed by atoms with Crippen molar-refractivity contribution in [3.63, 3.8) is 0 Å². The van der Waals surface area contributed by atoms with Crippen molar-refractivity contribution in [1.29, 1.82) is 0 Å². The van der Waals surface area contributed by atoms with Crippen LogP contribution >= 0.6 is 0 Å². The fourth-order valence-electron chi connectivity index (χ4n) is 4.59. The number of nitrogens with zero attached hydrogens (tertiary/aromatic N) is 3. The van der Waals surface area contributed by atoms with E-state index in [1.807, 2.05) is 48.5 Å². The topological polar surface area (TPSA) is 79.6 Å². The molecular weight excluding hydrogens is 459 g/mol. The molecule has 5 rings (SSSR count). The Morgan fingerprint density at radius 2 is 1.64 bits per heavy atom. The second-order valence-corrected chi connectivity index (χ2v) is 8.76. The van der Waals surface area contributed by atoms with Gasteiger partial charge in [-0.3, -0.25) is 0 Å². The Labute approximate surface area is 208 Å². The second kappa shape index (κ2) is 10.7. The maximum atomic E-state index is 14.9. The fraction of sp³-hybridized carbons (Fsp3) is 0.214. The zero-order valence-corrected chi connectivity index (χ0v) is 19.7. The molecule has 0 amide bonds. The van der Waals surface area contributed by atoms with Gasteiger partial charge in [0.1, 0.15) is 5.82 Å². The molecule has 0 atom stereocenters. The lowest BCUT2D eigenvalue weighted by Gasteiger charge is -2.30. The number of rotatable bonds is 7. The molecule has 2 heterocycles. The van der Waals surface area contributed by atoms with Crippen molar-refractivity contribution in [3.8, 4) is 28.1 Å². The highest BCUT2D eigenvalue weighted by atomic mass is 19.1. The molecule has 3 aromatic carbocycles. The summed E-state index contributed by atoms with van der Waals surface area (Å²) in [5.74, 6) is -0.305. The van der Waals surface area contributed by atoms with Crippen LogP contribution in [0.3, 0.4) is 0 Å². The lowest BCUT2D eigenvalue weighted by Crippen LogP contribution is -2.42. The third-order valence-corrected chi connectivity index (χ3v) is 6.44. The molecule has 8 heteroatoms. The summed E-state index contributed by atoms with van der Waals surface area (Å²) in [6.45, 7) is 1.56. The van der Waals surface area contributed by atoms with E-state index in [1.165, 1.54) is 11.1 Å². The molecule has 7 nitrogen and oxygen atoms in total. The van der Waals surface area contributed by atoms with Gasteiger partial charge < -0.3 is 15.3 Å². The largest absolute Gasteiger partial charge is 0.525 e. The smallest absolute Gasteiger partial charge is 0.448 e. The first-order chi connectivity index (χ1) is 17.6. The van der Waals surface area contributed by atoms with Crippen molar-refractivity contribution in [2.75, 3.05) is 13.1 Å². The van der Waals surface area contributed by atoms with E-state index in [9.17, 15) is 9.18 Å². The number of benzene rings is 3. The van der Waals surface area contributed by atoms with Gasteiger partial charge in [0.2, 0.25) is 0 Å². The fourth-order valence-corrected chi connectivity index (χ4v) is 4.59. The molecule has 1 aliphatic rings. The molecule has 0 bridgehead atoms. The van der Waals surface area contributed by atoms with Gasteiger partial charge >= 0.3 is 6.16 Å². The Morgan fingerprint density at radius 3 is 2.33 bits per heavy atom. The van der Waals surface area contributed by atoms with E-state index in [2.05, 4.69) is 22.5 Å².